The molecule has 4 nitrogen and oxygen atoms in total. The molecule has 1 aromatic rings. The summed E-state index contributed by atoms with van der Waals surface area (Å²) < 4.78 is 0. The van der Waals surface area contributed by atoms with E-state index in [0.29, 0.717) is 0 Å². The normalized spacial score (nSPS) is 29.1. The Balaban J connectivity index is 0.00000156. The van der Waals surface area contributed by atoms with Gasteiger partial charge in [0, 0.05) is 30.4 Å². The molecule has 25 heavy (non-hydrogen) atoms. The minimum absolute atomic E-state index is 0. The summed E-state index contributed by atoms with van der Waals surface area (Å²) in [4.78, 5) is 15.1. The van der Waals surface area contributed by atoms with Gasteiger partial charge in [0.05, 0.1) is 5.92 Å². The number of amides is 1. The van der Waals surface area contributed by atoms with Crippen LogP contribution in [0.5, 0.6) is 0 Å². The first kappa shape index (κ1) is 22.1. The second kappa shape index (κ2) is 9.65. The number of benzene rings is 1. The maximum absolute atomic E-state index is 12.7. The van der Waals surface area contributed by atoms with E-state index in [2.05, 4.69) is 34.5 Å². The molecule has 0 aromatic heterocycles. The van der Waals surface area contributed by atoms with Crippen LogP contribution in [0.1, 0.15) is 45.4 Å². The van der Waals surface area contributed by atoms with Crippen molar-refractivity contribution in [1.29, 1.82) is 0 Å². The van der Waals surface area contributed by atoms with Gasteiger partial charge in [0.2, 0.25) is 5.91 Å². The molecule has 6 heteroatoms. The van der Waals surface area contributed by atoms with Crippen LogP contribution in [0.2, 0.25) is 0 Å². The second-order valence-electron chi connectivity index (χ2n) is 7.43. The molecule has 0 bridgehead atoms. The Bertz CT molecular complexity index is 539. The summed E-state index contributed by atoms with van der Waals surface area (Å²) in [5.74, 6) is 0.123. The van der Waals surface area contributed by atoms with Gasteiger partial charge in [-0.2, -0.15) is 0 Å². The van der Waals surface area contributed by atoms with Crippen LogP contribution >= 0.6 is 24.8 Å². The Morgan fingerprint density at radius 1 is 1.16 bits per heavy atom. The van der Waals surface area contributed by atoms with E-state index in [9.17, 15) is 4.79 Å². The first-order valence-corrected chi connectivity index (χ1v) is 8.95. The molecule has 1 heterocycles. The van der Waals surface area contributed by atoms with Gasteiger partial charge in [-0.15, -0.1) is 24.8 Å². The van der Waals surface area contributed by atoms with Crippen molar-refractivity contribution in [3.05, 3.63) is 30.3 Å². The average molecular weight is 388 g/mol. The molecule has 3 rings (SSSR count). The lowest BCUT2D eigenvalue weighted by atomic mass is 9.74. The van der Waals surface area contributed by atoms with E-state index in [4.69, 9.17) is 5.73 Å². The second-order valence-corrected chi connectivity index (χ2v) is 7.43. The number of halogens is 2. The fourth-order valence-electron chi connectivity index (χ4n) is 4.06. The zero-order chi connectivity index (χ0) is 16.3. The van der Waals surface area contributed by atoms with Gasteiger partial charge in [-0.05, 0) is 44.7 Å². The fourth-order valence-corrected chi connectivity index (χ4v) is 4.06. The molecule has 1 aliphatic carbocycles. The number of carbonyl (C=O) groups is 1. The lowest BCUT2D eigenvalue weighted by molar-refractivity contribution is -0.128. The van der Waals surface area contributed by atoms with E-state index in [1.807, 2.05) is 13.0 Å². The predicted octanol–water partition coefficient (Wildman–Crippen LogP) is 3.52. The van der Waals surface area contributed by atoms with Crippen molar-refractivity contribution in [3.63, 3.8) is 0 Å². The first-order chi connectivity index (χ1) is 11.1. The van der Waals surface area contributed by atoms with Gasteiger partial charge in [-0.1, -0.05) is 31.0 Å². The van der Waals surface area contributed by atoms with E-state index >= 15 is 0 Å². The highest BCUT2D eigenvalue weighted by molar-refractivity contribution is 5.85. The number of para-hydroxylation sites is 1. The molecular formula is C19H31Cl2N3O. The largest absolute Gasteiger partial charge is 0.369 e. The topological polar surface area (TPSA) is 58.4 Å². The van der Waals surface area contributed by atoms with Crippen LogP contribution in [0.25, 0.3) is 0 Å². The van der Waals surface area contributed by atoms with Gasteiger partial charge in [0.15, 0.2) is 0 Å². The predicted molar refractivity (Wildman–Crippen MR) is 109 cm³/mol. The van der Waals surface area contributed by atoms with Crippen molar-refractivity contribution in [2.24, 2.45) is 11.7 Å². The third-order valence-corrected chi connectivity index (χ3v) is 5.46. The van der Waals surface area contributed by atoms with Crippen LogP contribution in [0.4, 0.5) is 5.69 Å². The van der Waals surface area contributed by atoms with Crippen molar-refractivity contribution >= 4 is 36.4 Å². The summed E-state index contributed by atoms with van der Waals surface area (Å²) in [5, 5.41) is 3.28. The van der Waals surface area contributed by atoms with Gasteiger partial charge < -0.3 is 16.0 Å². The summed E-state index contributed by atoms with van der Waals surface area (Å²) >= 11 is 0. The maximum Gasteiger partial charge on any atom is 0.225 e. The third kappa shape index (κ3) is 5.50. The molecule has 2 aliphatic rings. The summed E-state index contributed by atoms with van der Waals surface area (Å²) in [5.41, 5.74) is 7.27. The molecule has 1 aliphatic heterocycles. The number of hydrogen-bond donors (Lipinski definition) is 2. The Kier molecular flexibility index (Phi) is 8.52. The van der Waals surface area contributed by atoms with Crippen LogP contribution in [-0.4, -0.2) is 30.6 Å². The van der Waals surface area contributed by atoms with E-state index in [0.717, 1.165) is 51.6 Å². The molecule has 3 unspecified atom stereocenters. The number of nitrogens with two attached hydrogens (primary N) is 1. The first-order valence-electron chi connectivity index (χ1n) is 8.95. The number of nitrogens with zero attached hydrogens (tertiary/aromatic N) is 1. The SMILES string of the molecule is CC1(N)CCCCC1C(=O)NC1CCCN(c2ccccc2)C1.Cl.Cl. The monoisotopic (exact) mass is 387 g/mol. The van der Waals surface area contributed by atoms with E-state index in [1.165, 1.54) is 5.69 Å². The van der Waals surface area contributed by atoms with Crippen LogP contribution in [0, 0.1) is 5.92 Å². The highest BCUT2D eigenvalue weighted by atomic mass is 35.5. The molecule has 142 valence electrons. The van der Waals surface area contributed by atoms with Crippen LogP contribution < -0.4 is 16.0 Å². The standard InChI is InChI=1S/C19H29N3O.2ClH/c1-19(20)12-6-5-11-17(19)18(23)21-15-8-7-13-22(14-15)16-9-3-2-4-10-16;;/h2-4,9-10,15,17H,5-8,11-14,20H2,1H3,(H,21,23);2*1H. The van der Waals surface area contributed by atoms with Gasteiger partial charge in [-0.25, -0.2) is 0 Å². The molecule has 2 fully saturated rings. The van der Waals surface area contributed by atoms with E-state index < -0.39 is 0 Å². The molecule has 0 spiro atoms. The number of nitrogens with one attached hydrogen (secondary N) is 1. The van der Waals surface area contributed by atoms with Crippen molar-refractivity contribution in [1.82, 2.24) is 5.32 Å². The summed E-state index contributed by atoms with van der Waals surface area (Å²) in [6.45, 7) is 3.99. The zero-order valence-corrected chi connectivity index (χ0v) is 16.6. The Morgan fingerprint density at radius 3 is 2.56 bits per heavy atom. The summed E-state index contributed by atoms with van der Waals surface area (Å²) in [7, 11) is 0. The van der Waals surface area contributed by atoms with Crippen LogP contribution in [-0.2, 0) is 4.79 Å². The molecule has 1 saturated carbocycles. The number of carbonyl (C=O) groups excluding carboxylic acids is 1. The lowest BCUT2D eigenvalue weighted by Crippen LogP contribution is -2.56. The van der Waals surface area contributed by atoms with E-state index in [1.54, 1.807) is 0 Å². The molecular weight excluding hydrogens is 357 g/mol. The Labute approximate surface area is 163 Å². The smallest absolute Gasteiger partial charge is 0.225 e. The fraction of sp³-hybridized carbons (Fsp3) is 0.632. The Hall–Kier alpha value is -0.970. The molecule has 1 saturated heterocycles. The molecule has 1 amide bonds. The third-order valence-electron chi connectivity index (χ3n) is 5.46. The average Bonchev–Trinajstić information content (AvgIpc) is 2.55. The number of piperidine rings is 1. The molecule has 3 N–H and O–H groups in total. The Morgan fingerprint density at radius 2 is 1.88 bits per heavy atom. The van der Waals surface area contributed by atoms with Crippen molar-refractivity contribution in [3.8, 4) is 0 Å². The van der Waals surface area contributed by atoms with Gasteiger partial charge in [0.1, 0.15) is 0 Å². The minimum atomic E-state index is -0.351. The van der Waals surface area contributed by atoms with Gasteiger partial charge in [0.25, 0.3) is 0 Å². The summed E-state index contributed by atoms with van der Waals surface area (Å²) in [6, 6.07) is 10.7. The maximum atomic E-state index is 12.7. The van der Waals surface area contributed by atoms with Gasteiger partial charge >= 0.3 is 0 Å². The quantitative estimate of drug-likeness (QED) is 0.833. The molecule has 1 aromatic carbocycles. The van der Waals surface area contributed by atoms with E-state index in [-0.39, 0.29) is 48.2 Å². The zero-order valence-electron chi connectivity index (χ0n) is 14.9. The lowest BCUT2D eigenvalue weighted by Gasteiger charge is -2.40. The molecule has 0 radical (unpaired) electrons. The number of hydrogen-bond acceptors (Lipinski definition) is 3. The van der Waals surface area contributed by atoms with Crippen molar-refractivity contribution in [2.75, 3.05) is 18.0 Å². The number of rotatable bonds is 3. The van der Waals surface area contributed by atoms with Crippen LogP contribution in [0.15, 0.2) is 30.3 Å². The van der Waals surface area contributed by atoms with Gasteiger partial charge in [-0.3, -0.25) is 4.79 Å². The van der Waals surface area contributed by atoms with Crippen molar-refractivity contribution in [2.45, 2.75) is 57.0 Å². The highest BCUT2D eigenvalue weighted by Crippen LogP contribution is 2.32. The van der Waals surface area contributed by atoms with Crippen molar-refractivity contribution < 1.29 is 4.79 Å². The minimum Gasteiger partial charge on any atom is -0.369 e. The summed E-state index contributed by atoms with van der Waals surface area (Å²) in [6.07, 6.45) is 6.31. The molecule has 3 atom stereocenters. The van der Waals surface area contributed by atoms with Crippen LogP contribution in [0.3, 0.4) is 0 Å². The highest BCUT2D eigenvalue weighted by Gasteiger charge is 2.38. The number of anilines is 1.